The summed E-state index contributed by atoms with van der Waals surface area (Å²) in [5.74, 6) is -1.12. The lowest BCUT2D eigenvalue weighted by molar-refractivity contribution is -0.122. The van der Waals surface area contributed by atoms with E-state index in [9.17, 15) is 9.59 Å². The highest BCUT2D eigenvalue weighted by atomic mass is 35.5. The van der Waals surface area contributed by atoms with Crippen LogP contribution in [0.5, 0.6) is 0 Å². The molecule has 0 bridgehead atoms. The van der Waals surface area contributed by atoms with E-state index in [1.54, 1.807) is 24.3 Å². The molecule has 3 rings (SSSR count). The maximum absolute atomic E-state index is 12.9. The quantitative estimate of drug-likeness (QED) is 0.476. The van der Waals surface area contributed by atoms with Gasteiger partial charge in [0.25, 0.3) is 11.8 Å². The first kappa shape index (κ1) is 17.6. The summed E-state index contributed by atoms with van der Waals surface area (Å²) in [4.78, 5) is 26.5. The number of anilines is 1. The molecular formula is C18H12Cl2N2O2S. The fourth-order valence-corrected chi connectivity index (χ4v) is 3.24. The predicted molar refractivity (Wildman–Crippen MR) is 104 cm³/mol. The summed E-state index contributed by atoms with van der Waals surface area (Å²) in [7, 11) is 0. The van der Waals surface area contributed by atoms with Crippen molar-refractivity contribution in [2.45, 2.75) is 6.92 Å². The second-order valence-corrected chi connectivity index (χ2v) is 6.63. The molecule has 0 spiro atoms. The fraction of sp³-hybridized carbons (Fsp3) is 0.0556. The van der Waals surface area contributed by atoms with Crippen molar-refractivity contribution in [3.63, 3.8) is 0 Å². The third-order valence-corrected chi connectivity index (χ3v) is 4.59. The second kappa shape index (κ2) is 6.96. The molecule has 1 fully saturated rings. The smallest absolute Gasteiger partial charge is 0.270 e. The zero-order chi connectivity index (χ0) is 18.1. The van der Waals surface area contributed by atoms with Crippen LogP contribution in [0.25, 0.3) is 6.08 Å². The van der Waals surface area contributed by atoms with Gasteiger partial charge in [-0.25, -0.2) is 0 Å². The van der Waals surface area contributed by atoms with Crippen LogP contribution < -0.4 is 10.2 Å². The minimum Gasteiger partial charge on any atom is -0.298 e. The molecule has 1 heterocycles. The molecule has 2 amide bonds. The van der Waals surface area contributed by atoms with Gasteiger partial charge in [-0.15, -0.1) is 0 Å². The van der Waals surface area contributed by atoms with Gasteiger partial charge in [-0.2, -0.15) is 0 Å². The van der Waals surface area contributed by atoms with Crippen LogP contribution in [0.3, 0.4) is 0 Å². The highest BCUT2D eigenvalue weighted by Crippen LogP contribution is 2.29. The number of nitrogens with one attached hydrogen (secondary N) is 1. The maximum Gasteiger partial charge on any atom is 0.270 e. The lowest BCUT2D eigenvalue weighted by atomic mass is 10.1. The number of rotatable bonds is 2. The molecule has 0 unspecified atom stereocenters. The van der Waals surface area contributed by atoms with Crippen LogP contribution in [0.15, 0.2) is 48.0 Å². The number of amides is 2. The number of benzene rings is 2. The van der Waals surface area contributed by atoms with E-state index in [-0.39, 0.29) is 10.7 Å². The Balaban J connectivity index is 2.09. The van der Waals surface area contributed by atoms with Gasteiger partial charge >= 0.3 is 0 Å². The van der Waals surface area contributed by atoms with Crippen LogP contribution in [0.1, 0.15) is 11.1 Å². The first-order chi connectivity index (χ1) is 11.9. The van der Waals surface area contributed by atoms with Crippen LogP contribution in [0.4, 0.5) is 5.69 Å². The molecule has 0 aliphatic carbocycles. The Kier molecular flexibility index (Phi) is 4.90. The first-order valence-corrected chi connectivity index (χ1v) is 8.47. The van der Waals surface area contributed by atoms with E-state index in [1.807, 2.05) is 25.1 Å². The van der Waals surface area contributed by atoms with E-state index in [0.29, 0.717) is 21.3 Å². The van der Waals surface area contributed by atoms with Crippen LogP contribution in [0.2, 0.25) is 10.0 Å². The van der Waals surface area contributed by atoms with E-state index in [4.69, 9.17) is 35.4 Å². The van der Waals surface area contributed by atoms with Crippen molar-refractivity contribution in [3.05, 3.63) is 69.2 Å². The van der Waals surface area contributed by atoms with Crippen molar-refractivity contribution in [1.82, 2.24) is 5.32 Å². The first-order valence-electron chi connectivity index (χ1n) is 7.30. The minimum absolute atomic E-state index is 0.0306. The molecule has 0 saturated carbocycles. The van der Waals surface area contributed by atoms with Crippen molar-refractivity contribution < 1.29 is 9.59 Å². The molecule has 7 heteroatoms. The van der Waals surface area contributed by atoms with E-state index in [0.717, 1.165) is 5.56 Å². The Morgan fingerprint density at radius 3 is 2.36 bits per heavy atom. The summed E-state index contributed by atoms with van der Waals surface area (Å²) >= 11 is 17.4. The molecular weight excluding hydrogens is 379 g/mol. The number of hydrogen-bond acceptors (Lipinski definition) is 3. The highest BCUT2D eigenvalue weighted by molar-refractivity contribution is 7.80. The minimum atomic E-state index is -0.588. The summed E-state index contributed by atoms with van der Waals surface area (Å²) in [5, 5.41) is 3.25. The highest BCUT2D eigenvalue weighted by Gasteiger charge is 2.34. The average molecular weight is 391 g/mol. The molecule has 1 aliphatic heterocycles. The number of nitrogens with zero attached hydrogens (tertiary/aromatic N) is 1. The van der Waals surface area contributed by atoms with Crippen molar-refractivity contribution in [1.29, 1.82) is 0 Å². The number of thiocarbonyl (C=S) groups is 1. The Labute approximate surface area is 160 Å². The van der Waals surface area contributed by atoms with Gasteiger partial charge < -0.3 is 0 Å². The number of carbonyl (C=O) groups excluding carboxylic acids is 2. The number of hydrogen-bond donors (Lipinski definition) is 1. The number of carbonyl (C=O) groups is 2. The molecule has 0 aromatic heterocycles. The topological polar surface area (TPSA) is 49.4 Å². The van der Waals surface area contributed by atoms with Gasteiger partial charge in [0.15, 0.2) is 5.11 Å². The van der Waals surface area contributed by atoms with Gasteiger partial charge in [-0.1, -0.05) is 41.4 Å². The maximum atomic E-state index is 12.9. The molecule has 126 valence electrons. The molecule has 0 atom stereocenters. The Morgan fingerprint density at radius 1 is 1.08 bits per heavy atom. The summed E-state index contributed by atoms with van der Waals surface area (Å²) in [5.41, 5.74) is 1.85. The zero-order valence-electron chi connectivity index (χ0n) is 13.0. The summed E-state index contributed by atoms with van der Waals surface area (Å²) in [6.07, 6.45) is 1.38. The fourth-order valence-electron chi connectivity index (χ4n) is 2.45. The molecule has 1 saturated heterocycles. The third kappa shape index (κ3) is 3.44. The van der Waals surface area contributed by atoms with Crippen molar-refractivity contribution in [2.24, 2.45) is 0 Å². The predicted octanol–water partition coefficient (Wildman–Crippen LogP) is 4.13. The lowest BCUT2D eigenvalue weighted by Gasteiger charge is -2.29. The average Bonchev–Trinajstić information content (AvgIpc) is 2.53. The summed E-state index contributed by atoms with van der Waals surface area (Å²) in [6.45, 7) is 1.90. The van der Waals surface area contributed by atoms with E-state index in [1.165, 1.54) is 11.0 Å². The standard InChI is InChI=1S/C18H12Cl2N2O2S/c1-10-4-2-5-11(8-10)22-17(24)13(16(23)21-18(22)25)9-12-14(19)6-3-7-15(12)20/h2-9H,1H3,(H,21,23,25)/b13-9-. The van der Waals surface area contributed by atoms with Crippen molar-refractivity contribution in [3.8, 4) is 0 Å². The second-order valence-electron chi connectivity index (χ2n) is 5.43. The van der Waals surface area contributed by atoms with Crippen LogP contribution in [-0.2, 0) is 9.59 Å². The van der Waals surface area contributed by atoms with E-state index in [2.05, 4.69) is 5.32 Å². The van der Waals surface area contributed by atoms with E-state index < -0.39 is 11.8 Å². The largest absolute Gasteiger partial charge is 0.298 e. The van der Waals surface area contributed by atoms with Crippen LogP contribution >= 0.6 is 35.4 Å². The van der Waals surface area contributed by atoms with Crippen molar-refractivity contribution >= 4 is 64.1 Å². The van der Waals surface area contributed by atoms with Gasteiger partial charge in [-0.3, -0.25) is 19.8 Å². The number of halogens is 2. The SMILES string of the molecule is Cc1cccc(N2C(=O)/C(=C\c3c(Cl)cccc3Cl)C(=O)NC2=S)c1. The molecule has 0 radical (unpaired) electrons. The molecule has 4 nitrogen and oxygen atoms in total. The Bertz CT molecular complexity index is 920. The Hall–Kier alpha value is -2.21. The van der Waals surface area contributed by atoms with Gasteiger partial charge in [-0.05, 0) is 55.0 Å². The summed E-state index contributed by atoms with van der Waals surface area (Å²) < 4.78 is 0. The molecule has 1 aliphatic rings. The van der Waals surface area contributed by atoms with Gasteiger partial charge in [0.1, 0.15) is 5.57 Å². The van der Waals surface area contributed by atoms with Gasteiger partial charge in [0.2, 0.25) is 0 Å². The van der Waals surface area contributed by atoms with Gasteiger partial charge in [0.05, 0.1) is 5.69 Å². The van der Waals surface area contributed by atoms with Crippen LogP contribution in [-0.4, -0.2) is 16.9 Å². The molecule has 25 heavy (non-hydrogen) atoms. The van der Waals surface area contributed by atoms with Crippen molar-refractivity contribution in [2.75, 3.05) is 4.90 Å². The van der Waals surface area contributed by atoms with Crippen LogP contribution in [0, 0.1) is 6.92 Å². The molecule has 2 aromatic rings. The third-order valence-electron chi connectivity index (χ3n) is 3.65. The Morgan fingerprint density at radius 2 is 1.72 bits per heavy atom. The number of aryl methyl sites for hydroxylation is 1. The van der Waals surface area contributed by atoms with Gasteiger partial charge in [0, 0.05) is 15.6 Å². The molecule has 2 aromatic carbocycles. The lowest BCUT2D eigenvalue weighted by Crippen LogP contribution is -2.54. The van der Waals surface area contributed by atoms with E-state index >= 15 is 0 Å². The normalized spacial score (nSPS) is 16.4. The molecule has 1 N–H and O–H groups in total. The zero-order valence-corrected chi connectivity index (χ0v) is 15.4. The summed E-state index contributed by atoms with van der Waals surface area (Å²) in [6, 6.07) is 12.2. The monoisotopic (exact) mass is 390 g/mol.